The van der Waals surface area contributed by atoms with E-state index in [1.165, 1.54) is 0 Å². The third kappa shape index (κ3) is 6.75. The van der Waals surface area contributed by atoms with Gasteiger partial charge in [-0.2, -0.15) is 0 Å². The summed E-state index contributed by atoms with van der Waals surface area (Å²) in [5.41, 5.74) is 1.37. The lowest BCUT2D eigenvalue weighted by Gasteiger charge is -2.26. The van der Waals surface area contributed by atoms with Gasteiger partial charge in [0.15, 0.2) is 0 Å². The van der Waals surface area contributed by atoms with Crippen LogP contribution in [0.3, 0.4) is 0 Å². The zero-order valence-corrected chi connectivity index (χ0v) is 19.5. The molecule has 0 unspecified atom stereocenters. The van der Waals surface area contributed by atoms with E-state index in [4.69, 9.17) is 4.74 Å². The van der Waals surface area contributed by atoms with Crippen LogP contribution in [-0.4, -0.2) is 34.2 Å². The monoisotopic (exact) mass is 482 g/mol. The highest BCUT2D eigenvalue weighted by Crippen LogP contribution is 2.28. The Labute approximate surface area is 181 Å². The maximum atomic E-state index is 12.8. The van der Waals surface area contributed by atoms with Crippen LogP contribution >= 0.6 is 15.9 Å². The zero-order chi connectivity index (χ0) is 21.6. The van der Waals surface area contributed by atoms with E-state index in [1.807, 2.05) is 24.3 Å². The fourth-order valence-electron chi connectivity index (χ4n) is 2.99. The predicted molar refractivity (Wildman–Crippen MR) is 120 cm³/mol. The van der Waals surface area contributed by atoms with E-state index >= 15 is 0 Å². The van der Waals surface area contributed by atoms with Gasteiger partial charge in [0.2, 0.25) is 15.9 Å². The van der Waals surface area contributed by atoms with Crippen molar-refractivity contribution in [2.24, 2.45) is 5.92 Å². The molecule has 0 bridgehead atoms. The summed E-state index contributed by atoms with van der Waals surface area (Å²) in [7, 11) is -2.04. The minimum absolute atomic E-state index is 0.228. The molecular weight excluding hydrogens is 456 g/mol. The number of sulfonamides is 1. The van der Waals surface area contributed by atoms with E-state index in [2.05, 4.69) is 35.1 Å². The lowest BCUT2D eigenvalue weighted by Crippen LogP contribution is -2.42. The number of carbonyl (C=O) groups is 1. The fourth-order valence-corrected chi connectivity index (χ4v) is 4.48. The topological polar surface area (TPSA) is 75.7 Å². The number of nitrogens with one attached hydrogen (secondary N) is 1. The molecule has 0 spiro atoms. The quantitative estimate of drug-likeness (QED) is 0.582. The van der Waals surface area contributed by atoms with Crippen LogP contribution < -0.4 is 14.4 Å². The average Bonchev–Trinajstić information content (AvgIpc) is 2.65. The SMILES string of the molecule is COc1ccc([C@@H](CC(C)C)NC(=O)CN(c2ccccc2Br)S(C)(=O)=O)cc1. The van der Waals surface area contributed by atoms with Gasteiger partial charge in [-0.15, -0.1) is 0 Å². The molecule has 0 saturated heterocycles. The first-order valence-corrected chi connectivity index (χ1v) is 11.9. The molecule has 1 atom stereocenters. The van der Waals surface area contributed by atoms with E-state index in [0.717, 1.165) is 28.3 Å². The first kappa shape index (κ1) is 23.2. The molecule has 0 aliphatic rings. The Morgan fingerprint density at radius 1 is 1.14 bits per heavy atom. The zero-order valence-electron chi connectivity index (χ0n) is 17.1. The predicted octanol–water partition coefficient (Wildman–Crippen LogP) is 4.13. The van der Waals surface area contributed by atoms with E-state index in [-0.39, 0.29) is 18.5 Å². The molecule has 0 aromatic heterocycles. The van der Waals surface area contributed by atoms with E-state index in [1.54, 1.807) is 31.4 Å². The van der Waals surface area contributed by atoms with Crippen molar-refractivity contribution >= 4 is 37.5 Å². The minimum atomic E-state index is -3.64. The van der Waals surface area contributed by atoms with Gasteiger partial charge < -0.3 is 10.1 Å². The second kappa shape index (κ2) is 10.1. The Balaban J connectivity index is 2.23. The van der Waals surface area contributed by atoms with E-state index in [0.29, 0.717) is 16.1 Å². The standard InChI is InChI=1S/C21H27BrN2O4S/c1-15(2)13-19(16-9-11-17(28-3)12-10-16)23-21(25)14-24(29(4,26)27)20-8-6-5-7-18(20)22/h5-12,15,19H,13-14H2,1-4H3,(H,23,25)/t19-/m1/s1. The van der Waals surface area contributed by atoms with Crippen molar-refractivity contribution in [1.82, 2.24) is 5.32 Å². The highest BCUT2D eigenvalue weighted by atomic mass is 79.9. The number of hydrogen-bond donors (Lipinski definition) is 1. The lowest BCUT2D eigenvalue weighted by molar-refractivity contribution is -0.120. The summed E-state index contributed by atoms with van der Waals surface area (Å²) < 4.78 is 31.6. The lowest BCUT2D eigenvalue weighted by atomic mass is 9.97. The first-order chi connectivity index (χ1) is 13.6. The number of anilines is 1. The molecule has 6 nitrogen and oxygen atoms in total. The van der Waals surface area contributed by atoms with E-state index < -0.39 is 10.0 Å². The largest absolute Gasteiger partial charge is 0.497 e. The number of halogens is 1. The van der Waals surface area contributed by atoms with Crippen LogP contribution in [0.25, 0.3) is 0 Å². The molecular formula is C21H27BrN2O4S. The number of ether oxygens (including phenoxy) is 1. The summed E-state index contributed by atoms with van der Waals surface area (Å²) in [5.74, 6) is 0.713. The number of nitrogens with zero attached hydrogens (tertiary/aromatic N) is 1. The van der Waals surface area contributed by atoms with Crippen molar-refractivity contribution < 1.29 is 17.9 Å². The Hall–Kier alpha value is -2.06. The van der Waals surface area contributed by atoms with Crippen molar-refractivity contribution in [2.45, 2.75) is 26.3 Å². The molecule has 158 valence electrons. The van der Waals surface area contributed by atoms with Crippen molar-refractivity contribution in [3.8, 4) is 5.75 Å². The van der Waals surface area contributed by atoms with Gasteiger partial charge in [0.25, 0.3) is 0 Å². The number of carbonyl (C=O) groups excluding carboxylic acids is 1. The molecule has 0 aliphatic carbocycles. The minimum Gasteiger partial charge on any atom is -0.497 e. The molecule has 2 rings (SSSR count). The number of para-hydroxylation sites is 1. The van der Waals surface area contributed by atoms with Crippen molar-refractivity contribution in [3.05, 3.63) is 58.6 Å². The van der Waals surface area contributed by atoms with Crippen LogP contribution in [0.1, 0.15) is 31.9 Å². The molecule has 0 saturated carbocycles. The molecule has 0 heterocycles. The average molecular weight is 483 g/mol. The highest BCUT2D eigenvalue weighted by molar-refractivity contribution is 9.10. The van der Waals surface area contributed by atoms with Crippen molar-refractivity contribution in [2.75, 3.05) is 24.2 Å². The number of amides is 1. The van der Waals surface area contributed by atoms with Crippen molar-refractivity contribution in [1.29, 1.82) is 0 Å². The third-order valence-electron chi connectivity index (χ3n) is 4.37. The summed E-state index contributed by atoms with van der Waals surface area (Å²) in [6.07, 6.45) is 1.82. The second-order valence-electron chi connectivity index (χ2n) is 7.24. The molecule has 2 aromatic carbocycles. The van der Waals surface area contributed by atoms with Gasteiger partial charge in [-0.25, -0.2) is 8.42 Å². The van der Waals surface area contributed by atoms with Gasteiger partial charge in [-0.05, 0) is 58.1 Å². The molecule has 1 N–H and O–H groups in total. The Morgan fingerprint density at radius 2 is 1.76 bits per heavy atom. The number of benzene rings is 2. The molecule has 0 radical (unpaired) electrons. The molecule has 0 fully saturated rings. The second-order valence-corrected chi connectivity index (χ2v) is 10.0. The van der Waals surface area contributed by atoms with Crippen LogP contribution in [0.5, 0.6) is 5.75 Å². The van der Waals surface area contributed by atoms with Crippen LogP contribution in [0.2, 0.25) is 0 Å². The maximum Gasteiger partial charge on any atom is 0.241 e. The number of hydrogen-bond acceptors (Lipinski definition) is 4. The molecule has 8 heteroatoms. The fraction of sp³-hybridized carbons (Fsp3) is 0.381. The van der Waals surface area contributed by atoms with Crippen LogP contribution in [0.4, 0.5) is 5.69 Å². The Bertz CT molecular complexity index is 930. The first-order valence-electron chi connectivity index (χ1n) is 9.27. The van der Waals surface area contributed by atoms with Gasteiger partial charge >= 0.3 is 0 Å². The number of methoxy groups -OCH3 is 1. The van der Waals surface area contributed by atoms with Gasteiger partial charge in [0, 0.05) is 4.47 Å². The van der Waals surface area contributed by atoms with E-state index in [9.17, 15) is 13.2 Å². The summed E-state index contributed by atoms with van der Waals surface area (Å²) in [5, 5.41) is 2.99. The molecule has 2 aromatic rings. The Kier molecular flexibility index (Phi) is 8.10. The van der Waals surface area contributed by atoms with Crippen molar-refractivity contribution in [3.63, 3.8) is 0 Å². The Morgan fingerprint density at radius 3 is 2.28 bits per heavy atom. The molecule has 1 amide bonds. The number of rotatable bonds is 9. The van der Waals surface area contributed by atoms with Gasteiger partial charge in [0.05, 0.1) is 25.1 Å². The van der Waals surface area contributed by atoms with Crippen LogP contribution in [0.15, 0.2) is 53.0 Å². The maximum absolute atomic E-state index is 12.8. The summed E-state index contributed by atoms with van der Waals surface area (Å²) in [6.45, 7) is 3.85. The van der Waals surface area contributed by atoms with Crippen LogP contribution in [-0.2, 0) is 14.8 Å². The molecule has 29 heavy (non-hydrogen) atoms. The molecule has 0 aliphatic heterocycles. The highest BCUT2D eigenvalue weighted by Gasteiger charge is 2.24. The smallest absolute Gasteiger partial charge is 0.241 e. The summed E-state index contributed by atoms with van der Waals surface area (Å²) in [4.78, 5) is 12.8. The van der Waals surface area contributed by atoms with Gasteiger partial charge in [-0.3, -0.25) is 9.10 Å². The van der Waals surface area contributed by atoms with Crippen LogP contribution in [0, 0.1) is 5.92 Å². The normalized spacial score (nSPS) is 12.5. The summed E-state index contributed by atoms with van der Waals surface area (Å²) in [6, 6.07) is 14.2. The third-order valence-corrected chi connectivity index (χ3v) is 6.17. The van der Waals surface area contributed by atoms with Gasteiger partial charge in [-0.1, -0.05) is 38.1 Å². The van der Waals surface area contributed by atoms with Gasteiger partial charge in [0.1, 0.15) is 12.3 Å². The summed E-state index contributed by atoms with van der Waals surface area (Å²) >= 11 is 3.36.